The Morgan fingerprint density at radius 2 is 1.90 bits per heavy atom. The number of rotatable bonds is 10. The molecule has 4 nitrogen and oxygen atoms in total. The fourth-order valence-electron chi connectivity index (χ4n) is 2.61. The average molecular weight is 297 g/mol. The summed E-state index contributed by atoms with van der Waals surface area (Å²) in [6.07, 6.45) is 8.46. The number of nitrogens with zero attached hydrogens (tertiary/aromatic N) is 1. The fourth-order valence-corrected chi connectivity index (χ4v) is 2.61. The summed E-state index contributed by atoms with van der Waals surface area (Å²) >= 11 is 0. The van der Waals surface area contributed by atoms with Gasteiger partial charge in [0.2, 0.25) is 5.60 Å². The molecule has 0 saturated heterocycles. The molecule has 0 aromatic rings. The van der Waals surface area contributed by atoms with Crippen LogP contribution >= 0.6 is 0 Å². The van der Waals surface area contributed by atoms with E-state index in [4.69, 9.17) is 9.57 Å². The Hall–Kier alpha value is -1.06. The molecule has 1 unspecified atom stereocenters. The predicted octanol–water partition coefficient (Wildman–Crippen LogP) is 4.47. The molecular formula is C17H31NO3. The van der Waals surface area contributed by atoms with Gasteiger partial charge in [-0.05, 0) is 19.3 Å². The van der Waals surface area contributed by atoms with Crippen molar-refractivity contribution < 1.29 is 14.4 Å². The number of esters is 1. The van der Waals surface area contributed by atoms with Crippen LogP contribution in [0.4, 0.5) is 0 Å². The predicted molar refractivity (Wildman–Crippen MR) is 85.3 cm³/mol. The molecule has 0 N–H and O–H groups in total. The first-order chi connectivity index (χ1) is 10.1. The zero-order valence-electron chi connectivity index (χ0n) is 14.1. The molecule has 1 aliphatic rings. The van der Waals surface area contributed by atoms with Crippen LogP contribution < -0.4 is 0 Å². The number of ether oxygens (including phenoxy) is 1. The van der Waals surface area contributed by atoms with Gasteiger partial charge < -0.3 is 9.57 Å². The van der Waals surface area contributed by atoms with Gasteiger partial charge >= 0.3 is 5.97 Å². The van der Waals surface area contributed by atoms with Crippen molar-refractivity contribution in [3.8, 4) is 0 Å². The zero-order valence-corrected chi connectivity index (χ0v) is 14.1. The highest BCUT2D eigenvalue weighted by Gasteiger charge is 2.47. The Bertz CT molecular complexity index is 352. The summed E-state index contributed by atoms with van der Waals surface area (Å²) in [5, 5.41) is 4.14. The van der Waals surface area contributed by atoms with Gasteiger partial charge in [-0.15, -0.1) is 0 Å². The summed E-state index contributed by atoms with van der Waals surface area (Å²) < 4.78 is 5.22. The molecule has 1 aliphatic heterocycles. The highest BCUT2D eigenvalue weighted by Crippen LogP contribution is 2.33. The second-order valence-electron chi connectivity index (χ2n) is 6.24. The van der Waals surface area contributed by atoms with Crippen molar-refractivity contribution in [2.24, 2.45) is 11.1 Å². The van der Waals surface area contributed by atoms with Crippen LogP contribution in [0, 0.1) is 5.92 Å². The molecule has 0 saturated carbocycles. The Balaban J connectivity index is 2.49. The van der Waals surface area contributed by atoms with Crippen molar-refractivity contribution in [2.45, 2.75) is 84.7 Å². The average Bonchev–Trinajstić information content (AvgIpc) is 2.89. The third-order valence-corrected chi connectivity index (χ3v) is 4.05. The van der Waals surface area contributed by atoms with Crippen molar-refractivity contribution in [3.63, 3.8) is 0 Å². The number of carbonyl (C=O) groups is 1. The molecule has 1 heterocycles. The van der Waals surface area contributed by atoms with Gasteiger partial charge in [0.1, 0.15) is 0 Å². The van der Waals surface area contributed by atoms with E-state index in [-0.39, 0.29) is 5.97 Å². The summed E-state index contributed by atoms with van der Waals surface area (Å²) in [5.41, 5.74) is 0.106. The van der Waals surface area contributed by atoms with Crippen LogP contribution in [0.1, 0.15) is 79.1 Å². The zero-order chi connectivity index (χ0) is 15.7. The standard InChI is InChI=1S/C17H31NO3/c1-5-7-8-9-10-11-12-17(16(19)20-6-2)13-15(14(3)4)18-21-17/h14H,5-13H2,1-4H3. The molecule has 0 bridgehead atoms. The highest BCUT2D eigenvalue weighted by molar-refractivity contribution is 5.94. The van der Waals surface area contributed by atoms with Gasteiger partial charge in [-0.1, -0.05) is 58.0 Å². The SMILES string of the molecule is CCCCCCCCC1(C(=O)OCC)CC(C(C)C)=NO1. The Labute approximate surface area is 129 Å². The van der Waals surface area contributed by atoms with E-state index in [9.17, 15) is 4.79 Å². The van der Waals surface area contributed by atoms with E-state index in [2.05, 4.69) is 25.9 Å². The van der Waals surface area contributed by atoms with Crippen molar-refractivity contribution in [2.75, 3.05) is 6.61 Å². The first-order valence-electron chi connectivity index (χ1n) is 8.48. The molecule has 0 aromatic carbocycles. The minimum Gasteiger partial charge on any atom is -0.463 e. The third kappa shape index (κ3) is 5.33. The van der Waals surface area contributed by atoms with Crippen LogP contribution in [0.3, 0.4) is 0 Å². The van der Waals surface area contributed by atoms with Gasteiger partial charge in [-0.3, -0.25) is 0 Å². The van der Waals surface area contributed by atoms with Crippen LogP contribution in [-0.4, -0.2) is 23.9 Å². The monoisotopic (exact) mass is 297 g/mol. The molecule has 0 fully saturated rings. The van der Waals surface area contributed by atoms with Crippen molar-refractivity contribution in [1.82, 2.24) is 0 Å². The Morgan fingerprint density at radius 1 is 1.24 bits per heavy atom. The van der Waals surface area contributed by atoms with Gasteiger partial charge in [-0.2, -0.15) is 0 Å². The molecule has 0 amide bonds. The maximum absolute atomic E-state index is 12.3. The largest absolute Gasteiger partial charge is 0.463 e. The molecule has 0 aliphatic carbocycles. The topological polar surface area (TPSA) is 47.9 Å². The summed E-state index contributed by atoms with van der Waals surface area (Å²) in [7, 11) is 0. The normalized spacial score (nSPS) is 21.3. The molecular weight excluding hydrogens is 266 g/mol. The fraction of sp³-hybridized carbons (Fsp3) is 0.882. The molecule has 0 aromatic heterocycles. The lowest BCUT2D eigenvalue weighted by Gasteiger charge is -2.24. The highest BCUT2D eigenvalue weighted by atomic mass is 16.7. The van der Waals surface area contributed by atoms with Crippen molar-refractivity contribution >= 4 is 11.7 Å². The van der Waals surface area contributed by atoms with E-state index in [1.54, 1.807) is 0 Å². The minimum atomic E-state index is -0.861. The molecule has 0 spiro atoms. The summed E-state index contributed by atoms with van der Waals surface area (Å²) in [5.74, 6) is 0.0591. The molecule has 21 heavy (non-hydrogen) atoms. The van der Waals surface area contributed by atoms with E-state index in [1.807, 2.05) is 6.92 Å². The smallest absolute Gasteiger partial charge is 0.353 e. The minimum absolute atomic E-state index is 0.252. The summed E-state index contributed by atoms with van der Waals surface area (Å²) in [4.78, 5) is 17.9. The lowest BCUT2D eigenvalue weighted by molar-refractivity contribution is -0.170. The maximum atomic E-state index is 12.3. The number of unbranched alkanes of at least 4 members (excludes halogenated alkanes) is 5. The van der Waals surface area contributed by atoms with Crippen molar-refractivity contribution in [3.05, 3.63) is 0 Å². The lowest BCUT2D eigenvalue weighted by Crippen LogP contribution is -2.41. The van der Waals surface area contributed by atoms with Gasteiger partial charge in [-0.25, -0.2) is 4.79 Å². The van der Waals surface area contributed by atoms with Crippen LogP contribution in [-0.2, 0) is 14.4 Å². The van der Waals surface area contributed by atoms with Crippen LogP contribution in [0.2, 0.25) is 0 Å². The molecule has 0 radical (unpaired) electrons. The Morgan fingerprint density at radius 3 is 2.48 bits per heavy atom. The molecule has 1 atom stereocenters. The number of carbonyl (C=O) groups excluding carboxylic acids is 1. The third-order valence-electron chi connectivity index (χ3n) is 4.05. The van der Waals surface area contributed by atoms with Crippen molar-refractivity contribution in [1.29, 1.82) is 0 Å². The van der Waals surface area contributed by atoms with Gasteiger partial charge in [0.05, 0.1) is 12.3 Å². The van der Waals surface area contributed by atoms with E-state index >= 15 is 0 Å². The van der Waals surface area contributed by atoms with Gasteiger partial charge in [0.25, 0.3) is 0 Å². The quantitative estimate of drug-likeness (QED) is 0.441. The van der Waals surface area contributed by atoms with E-state index in [0.29, 0.717) is 25.4 Å². The molecule has 1 rings (SSSR count). The van der Waals surface area contributed by atoms with E-state index in [0.717, 1.165) is 18.6 Å². The van der Waals surface area contributed by atoms with Crippen LogP contribution in [0.5, 0.6) is 0 Å². The first kappa shape index (κ1) is 18.0. The summed E-state index contributed by atoms with van der Waals surface area (Å²) in [6, 6.07) is 0. The first-order valence-corrected chi connectivity index (χ1v) is 8.48. The van der Waals surface area contributed by atoms with Gasteiger partial charge in [0.15, 0.2) is 0 Å². The maximum Gasteiger partial charge on any atom is 0.353 e. The Kier molecular flexibility index (Phi) is 7.76. The van der Waals surface area contributed by atoms with E-state index < -0.39 is 5.60 Å². The van der Waals surface area contributed by atoms with E-state index in [1.165, 1.54) is 25.7 Å². The number of hydrogen-bond donors (Lipinski definition) is 0. The number of hydrogen-bond acceptors (Lipinski definition) is 4. The lowest BCUT2D eigenvalue weighted by atomic mass is 9.88. The van der Waals surface area contributed by atoms with Crippen LogP contribution in [0.25, 0.3) is 0 Å². The second-order valence-corrected chi connectivity index (χ2v) is 6.24. The second kappa shape index (κ2) is 9.06. The van der Waals surface area contributed by atoms with Crippen LogP contribution in [0.15, 0.2) is 5.16 Å². The number of oxime groups is 1. The molecule has 4 heteroatoms. The summed E-state index contributed by atoms with van der Waals surface area (Å²) in [6.45, 7) is 8.59. The van der Waals surface area contributed by atoms with Gasteiger partial charge in [0, 0.05) is 12.8 Å². The molecule has 122 valence electrons.